The number of nitrogens with zero attached hydrogens (tertiary/aromatic N) is 2. The van der Waals surface area contributed by atoms with E-state index < -0.39 is 0 Å². The highest BCUT2D eigenvalue weighted by Crippen LogP contribution is 2.24. The zero-order valence-electron chi connectivity index (χ0n) is 15.2. The Labute approximate surface area is 169 Å². The number of thiazole rings is 1. The minimum absolute atomic E-state index is 0. The summed E-state index contributed by atoms with van der Waals surface area (Å²) in [7, 11) is 1.60. The zero-order chi connectivity index (χ0) is 18.5. The van der Waals surface area contributed by atoms with Crippen LogP contribution in [0.15, 0.2) is 29.6 Å². The van der Waals surface area contributed by atoms with Crippen LogP contribution in [-0.2, 0) is 6.42 Å². The highest BCUT2D eigenvalue weighted by atomic mass is 35.5. The van der Waals surface area contributed by atoms with Crippen molar-refractivity contribution in [3.05, 3.63) is 45.9 Å². The third-order valence-electron chi connectivity index (χ3n) is 4.66. The molecule has 0 spiro atoms. The summed E-state index contributed by atoms with van der Waals surface area (Å²) in [5.74, 6) is 0.772. The van der Waals surface area contributed by atoms with Gasteiger partial charge in [0, 0.05) is 36.4 Å². The topological polar surface area (TPSA) is 85.5 Å². The summed E-state index contributed by atoms with van der Waals surface area (Å²) in [5.41, 5.74) is 6.71. The smallest absolute Gasteiger partial charge is 0.273 e. The third kappa shape index (κ3) is 5.06. The number of aromatic nitrogens is 1. The van der Waals surface area contributed by atoms with Crippen molar-refractivity contribution < 1.29 is 14.3 Å². The molecule has 2 N–H and O–H groups in total. The quantitative estimate of drug-likeness (QED) is 0.741. The van der Waals surface area contributed by atoms with Crippen molar-refractivity contribution in [2.75, 3.05) is 26.7 Å². The van der Waals surface area contributed by atoms with Gasteiger partial charge in [-0.1, -0.05) is 0 Å². The molecular formula is C19H24ClN3O3S. The standard InChI is InChI=1S/C19H23N3O3S.ClH/c1-25-15-4-2-13(3-5-15)18(23)14-7-10-22(11-8-14)19(24)16-12-26-17(21-16)6-9-20;/h2-5,12,14H,6-11,20H2,1H3;1H. The molecule has 146 valence electrons. The van der Waals surface area contributed by atoms with Gasteiger partial charge in [-0.2, -0.15) is 0 Å². The van der Waals surface area contributed by atoms with Gasteiger partial charge in [-0.05, 0) is 43.7 Å². The van der Waals surface area contributed by atoms with Gasteiger partial charge in [-0.3, -0.25) is 9.59 Å². The van der Waals surface area contributed by atoms with Crippen molar-refractivity contribution in [2.45, 2.75) is 19.3 Å². The van der Waals surface area contributed by atoms with Gasteiger partial charge in [0.05, 0.1) is 12.1 Å². The molecule has 2 heterocycles. The van der Waals surface area contributed by atoms with E-state index in [1.165, 1.54) is 11.3 Å². The predicted molar refractivity (Wildman–Crippen MR) is 108 cm³/mol. The highest BCUT2D eigenvalue weighted by molar-refractivity contribution is 7.09. The maximum Gasteiger partial charge on any atom is 0.273 e. The molecule has 0 unspecified atom stereocenters. The number of hydrogen-bond acceptors (Lipinski definition) is 6. The molecule has 0 atom stereocenters. The van der Waals surface area contributed by atoms with Crippen molar-refractivity contribution in [2.24, 2.45) is 11.7 Å². The number of ether oxygens (including phenoxy) is 1. The van der Waals surface area contributed by atoms with E-state index in [1.54, 1.807) is 41.7 Å². The van der Waals surface area contributed by atoms with Crippen LogP contribution in [0.3, 0.4) is 0 Å². The van der Waals surface area contributed by atoms with Gasteiger partial charge < -0.3 is 15.4 Å². The van der Waals surface area contributed by atoms with Gasteiger partial charge >= 0.3 is 0 Å². The average molecular weight is 410 g/mol. The predicted octanol–water partition coefficient (Wildman–Crippen LogP) is 2.81. The Morgan fingerprint density at radius 2 is 1.93 bits per heavy atom. The highest BCUT2D eigenvalue weighted by Gasteiger charge is 2.29. The number of halogens is 1. The Balaban J connectivity index is 0.00000261. The van der Waals surface area contributed by atoms with Gasteiger partial charge in [-0.15, -0.1) is 23.7 Å². The molecule has 1 aliphatic heterocycles. The number of ketones is 1. The van der Waals surface area contributed by atoms with Crippen molar-refractivity contribution in [3.8, 4) is 5.75 Å². The number of likely N-dealkylation sites (tertiary alicyclic amines) is 1. The second kappa shape index (κ2) is 9.82. The normalized spacial score (nSPS) is 14.5. The summed E-state index contributed by atoms with van der Waals surface area (Å²) in [5, 5.41) is 2.68. The van der Waals surface area contributed by atoms with E-state index in [9.17, 15) is 9.59 Å². The zero-order valence-corrected chi connectivity index (χ0v) is 16.9. The number of hydrogen-bond donors (Lipinski definition) is 1. The number of carbonyl (C=O) groups excluding carboxylic acids is 2. The average Bonchev–Trinajstić information content (AvgIpc) is 3.16. The first kappa shape index (κ1) is 21.3. The van der Waals surface area contributed by atoms with E-state index in [2.05, 4.69) is 4.98 Å². The molecular weight excluding hydrogens is 386 g/mol. The first-order valence-electron chi connectivity index (χ1n) is 8.74. The summed E-state index contributed by atoms with van der Waals surface area (Å²) < 4.78 is 5.13. The number of Topliss-reactive ketones (excluding diaryl/α,β-unsaturated/α-hetero) is 1. The molecule has 3 rings (SSSR count). The van der Waals surface area contributed by atoms with E-state index >= 15 is 0 Å². The van der Waals surface area contributed by atoms with Crippen molar-refractivity contribution in [3.63, 3.8) is 0 Å². The molecule has 1 aromatic carbocycles. The van der Waals surface area contributed by atoms with E-state index in [0.29, 0.717) is 50.2 Å². The maximum absolute atomic E-state index is 12.7. The van der Waals surface area contributed by atoms with Crippen molar-refractivity contribution >= 4 is 35.4 Å². The van der Waals surface area contributed by atoms with E-state index in [-0.39, 0.29) is 30.0 Å². The lowest BCUT2D eigenvalue weighted by Gasteiger charge is -2.31. The molecule has 0 bridgehead atoms. The van der Waals surface area contributed by atoms with Crippen LogP contribution in [0.5, 0.6) is 5.75 Å². The van der Waals surface area contributed by atoms with Crippen molar-refractivity contribution in [1.29, 1.82) is 0 Å². The fourth-order valence-corrected chi connectivity index (χ4v) is 3.93. The number of carbonyl (C=O) groups is 2. The van der Waals surface area contributed by atoms with Crippen LogP contribution in [0.4, 0.5) is 0 Å². The first-order chi connectivity index (χ1) is 12.6. The molecule has 1 amide bonds. The van der Waals surface area contributed by atoms with Crippen LogP contribution in [0.2, 0.25) is 0 Å². The maximum atomic E-state index is 12.7. The van der Waals surface area contributed by atoms with Crippen LogP contribution in [0, 0.1) is 5.92 Å². The summed E-state index contributed by atoms with van der Waals surface area (Å²) in [6.45, 7) is 1.68. The summed E-state index contributed by atoms with van der Waals surface area (Å²) in [6, 6.07) is 7.19. The van der Waals surface area contributed by atoms with Crippen LogP contribution in [0.25, 0.3) is 0 Å². The van der Waals surface area contributed by atoms with Crippen LogP contribution in [0.1, 0.15) is 38.7 Å². The van der Waals surface area contributed by atoms with E-state index in [4.69, 9.17) is 10.5 Å². The van der Waals surface area contributed by atoms with E-state index in [0.717, 1.165) is 10.8 Å². The fourth-order valence-electron chi connectivity index (χ4n) is 3.15. The molecule has 2 aromatic rings. The van der Waals surface area contributed by atoms with Gasteiger partial charge in [0.2, 0.25) is 0 Å². The molecule has 8 heteroatoms. The Bertz CT molecular complexity index is 771. The molecule has 0 saturated carbocycles. The Hall–Kier alpha value is -1.96. The summed E-state index contributed by atoms with van der Waals surface area (Å²) in [4.78, 5) is 31.4. The van der Waals surface area contributed by atoms with Crippen molar-refractivity contribution in [1.82, 2.24) is 9.88 Å². The number of methoxy groups -OCH3 is 1. The Morgan fingerprint density at radius 1 is 1.26 bits per heavy atom. The minimum atomic E-state index is -0.0557. The molecule has 1 fully saturated rings. The second-order valence-corrected chi connectivity index (χ2v) is 7.27. The lowest BCUT2D eigenvalue weighted by atomic mass is 9.89. The number of nitrogens with two attached hydrogens (primary N) is 1. The van der Waals surface area contributed by atoms with Gasteiger partial charge in [0.25, 0.3) is 5.91 Å². The Morgan fingerprint density at radius 3 is 2.52 bits per heavy atom. The van der Waals surface area contributed by atoms with Gasteiger partial charge in [0.1, 0.15) is 11.4 Å². The number of rotatable bonds is 6. The van der Waals surface area contributed by atoms with Gasteiger partial charge in [-0.25, -0.2) is 4.98 Å². The molecule has 0 radical (unpaired) electrons. The van der Waals surface area contributed by atoms with Gasteiger partial charge in [0.15, 0.2) is 5.78 Å². The Kier molecular flexibility index (Phi) is 7.77. The second-order valence-electron chi connectivity index (χ2n) is 6.32. The van der Waals surface area contributed by atoms with Crippen LogP contribution in [-0.4, -0.2) is 48.3 Å². The summed E-state index contributed by atoms with van der Waals surface area (Å²) >= 11 is 1.47. The lowest BCUT2D eigenvalue weighted by Crippen LogP contribution is -2.40. The van der Waals surface area contributed by atoms with Crippen LogP contribution >= 0.6 is 23.7 Å². The number of amides is 1. The summed E-state index contributed by atoms with van der Waals surface area (Å²) in [6.07, 6.45) is 2.04. The largest absolute Gasteiger partial charge is 0.497 e. The first-order valence-corrected chi connectivity index (χ1v) is 9.62. The SMILES string of the molecule is COc1ccc(C(=O)C2CCN(C(=O)c3csc(CCN)n3)CC2)cc1.Cl. The van der Waals surface area contributed by atoms with Crippen LogP contribution < -0.4 is 10.5 Å². The molecule has 1 aromatic heterocycles. The minimum Gasteiger partial charge on any atom is -0.497 e. The number of benzene rings is 1. The number of piperidine rings is 1. The third-order valence-corrected chi connectivity index (χ3v) is 5.57. The molecule has 0 aliphatic carbocycles. The molecule has 1 aliphatic rings. The fraction of sp³-hybridized carbons (Fsp3) is 0.421. The molecule has 27 heavy (non-hydrogen) atoms. The lowest BCUT2D eigenvalue weighted by molar-refractivity contribution is 0.0646. The molecule has 6 nitrogen and oxygen atoms in total. The molecule has 1 saturated heterocycles. The monoisotopic (exact) mass is 409 g/mol. The van der Waals surface area contributed by atoms with E-state index in [1.807, 2.05) is 0 Å².